The number of H-pyrrole nitrogens is 1. The summed E-state index contributed by atoms with van der Waals surface area (Å²) in [6, 6.07) is 18.1. The molecule has 3 heterocycles. The average molecular weight is 645 g/mol. The number of likely N-dealkylation sites (tertiary alicyclic amines) is 1. The Labute approximate surface area is 256 Å². The van der Waals surface area contributed by atoms with E-state index >= 15 is 0 Å². The third-order valence-corrected chi connectivity index (χ3v) is 8.88. The fraction of sp³-hybridized carbons (Fsp3) is 0.273. The van der Waals surface area contributed by atoms with E-state index in [1.54, 1.807) is 30.3 Å². The molecule has 0 atom stereocenters. The highest BCUT2D eigenvalue weighted by molar-refractivity contribution is 9.10. The molecule has 7 rings (SSSR count). The van der Waals surface area contributed by atoms with Gasteiger partial charge in [-0.1, -0.05) is 12.1 Å². The largest absolute Gasteiger partial charge is 0.489 e. The van der Waals surface area contributed by atoms with Crippen LogP contribution in [0.5, 0.6) is 17.2 Å². The van der Waals surface area contributed by atoms with Gasteiger partial charge in [0.2, 0.25) is 5.78 Å². The quantitative estimate of drug-likeness (QED) is 0.174. The summed E-state index contributed by atoms with van der Waals surface area (Å²) in [4.78, 5) is 19.4. The summed E-state index contributed by atoms with van der Waals surface area (Å²) in [6.45, 7) is 4.01. The standard InChI is InChI=1S/C33H31BrFN5O3/c1-19-14-22(8-9-29(19)43-30-5-3-2-4-26(30)35)40-33(36)24(18-37-40)32(41)28-15-20-16-31(25(34)17-27(20)38-28)42-23-10-12-39(13-11-23)21-6-7-21/h2-5,8-9,14-18,21,23,38H,6-7,10-13,36H2,1H3. The Morgan fingerprint density at radius 3 is 2.56 bits per heavy atom. The Kier molecular flexibility index (Phi) is 7.18. The Morgan fingerprint density at radius 1 is 1.02 bits per heavy atom. The third kappa shape index (κ3) is 5.52. The van der Waals surface area contributed by atoms with Gasteiger partial charge in [-0.2, -0.15) is 5.10 Å². The number of benzene rings is 3. The van der Waals surface area contributed by atoms with E-state index in [1.807, 2.05) is 31.2 Å². The van der Waals surface area contributed by atoms with E-state index in [2.05, 4.69) is 30.9 Å². The number of fused-ring (bicyclic) bond motifs is 1. The molecule has 2 aliphatic rings. The number of anilines is 1. The van der Waals surface area contributed by atoms with Crippen LogP contribution in [0.2, 0.25) is 0 Å². The predicted molar refractivity (Wildman–Crippen MR) is 167 cm³/mol. The van der Waals surface area contributed by atoms with Crippen molar-refractivity contribution in [2.75, 3.05) is 18.8 Å². The summed E-state index contributed by atoms with van der Waals surface area (Å²) >= 11 is 3.65. The third-order valence-electron chi connectivity index (χ3n) is 8.26. The normalized spacial score (nSPS) is 16.1. The van der Waals surface area contributed by atoms with Gasteiger partial charge in [-0.25, -0.2) is 9.07 Å². The van der Waals surface area contributed by atoms with Gasteiger partial charge in [0.25, 0.3) is 0 Å². The van der Waals surface area contributed by atoms with Crippen molar-refractivity contribution in [3.63, 3.8) is 0 Å². The lowest BCUT2D eigenvalue weighted by Crippen LogP contribution is -2.39. The maximum Gasteiger partial charge on any atom is 0.214 e. The number of halogens is 2. The number of aryl methyl sites for hydroxylation is 1. The van der Waals surface area contributed by atoms with Crippen molar-refractivity contribution in [2.24, 2.45) is 0 Å². The summed E-state index contributed by atoms with van der Waals surface area (Å²) in [5.74, 6) is 0.939. The molecule has 8 nitrogen and oxygen atoms in total. The Balaban J connectivity index is 1.08. The summed E-state index contributed by atoms with van der Waals surface area (Å²) in [7, 11) is 0. The Bertz CT molecular complexity index is 1840. The first-order valence-electron chi connectivity index (χ1n) is 14.5. The highest BCUT2D eigenvalue weighted by Crippen LogP contribution is 2.35. The zero-order valence-corrected chi connectivity index (χ0v) is 25.2. The second kappa shape index (κ2) is 11.2. The SMILES string of the molecule is Cc1cc(-n2ncc(C(=O)c3cc4cc(OC5CCN(C6CC6)CC5)c(Br)cc4[nH]3)c2N)ccc1Oc1ccccc1F. The van der Waals surface area contributed by atoms with E-state index in [0.29, 0.717) is 17.1 Å². The van der Waals surface area contributed by atoms with Crippen LogP contribution in [0, 0.1) is 12.7 Å². The number of hydrogen-bond donors (Lipinski definition) is 2. The zero-order chi connectivity index (χ0) is 29.7. The van der Waals surface area contributed by atoms with Gasteiger partial charge in [-0.15, -0.1) is 0 Å². The summed E-state index contributed by atoms with van der Waals surface area (Å²) in [6.07, 6.45) is 6.34. The van der Waals surface area contributed by atoms with E-state index in [0.717, 1.165) is 58.7 Å². The first kappa shape index (κ1) is 27.7. The second-order valence-electron chi connectivity index (χ2n) is 11.3. The minimum atomic E-state index is -0.442. The zero-order valence-electron chi connectivity index (χ0n) is 23.6. The lowest BCUT2D eigenvalue weighted by Gasteiger charge is -2.32. The molecular formula is C33H31BrFN5O3. The molecule has 0 bridgehead atoms. The van der Waals surface area contributed by atoms with E-state index < -0.39 is 5.82 Å². The fourth-order valence-corrected chi connectivity index (χ4v) is 6.17. The number of nitrogen functional groups attached to an aromatic ring is 1. The van der Waals surface area contributed by atoms with Crippen LogP contribution in [0.4, 0.5) is 10.2 Å². The lowest BCUT2D eigenvalue weighted by atomic mass is 10.1. The molecule has 2 fully saturated rings. The molecular weight excluding hydrogens is 613 g/mol. The van der Waals surface area contributed by atoms with Gasteiger partial charge in [0.1, 0.15) is 23.4 Å². The molecule has 3 aromatic carbocycles. The van der Waals surface area contributed by atoms with Crippen LogP contribution in [0.3, 0.4) is 0 Å². The van der Waals surface area contributed by atoms with E-state index in [4.69, 9.17) is 15.2 Å². The van der Waals surface area contributed by atoms with Crippen LogP contribution in [0.15, 0.2) is 71.3 Å². The highest BCUT2D eigenvalue weighted by Gasteiger charge is 2.32. The number of nitrogens with zero attached hydrogens (tertiary/aromatic N) is 3. The van der Waals surface area contributed by atoms with E-state index in [9.17, 15) is 9.18 Å². The number of rotatable bonds is 8. The molecule has 1 saturated heterocycles. The van der Waals surface area contributed by atoms with Crippen LogP contribution in [0.25, 0.3) is 16.6 Å². The van der Waals surface area contributed by atoms with Crippen molar-refractivity contribution in [1.82, 2.24) is 19.7 Å². The van der Waals surface area contributed by atoms with Gasteiger partial charge in [0.15, 0.2) is 11.6 Å². The number of aromatic nitrogens is 3. The van der Waals surface area contributed by atoms with Crippen LogP contribution in [-0.4, -0.2) is 50.7 Å². The molecule has 0 amide bonds. The Hall–Kier alpha value is -4.15. The molecule has 43 heavy (non-hydrogen) atoms. The molecule has 0 radical (unpaired) electrons. The number of hydrogen-bond acceptors (Lipinski definition) is 6. The molecule has 3 N–H and O–H groups in total. The number of aromatic amines is 1. The molecule has 10 heteroatoms. The first-order valence-corrected chi connectivity index (χ1v) is 15.3. The second-order valence-corrected chi connectivity index (χ2v) is 12.2. The van der Waals surface area contributed by atoms with Gasteiger partial charge in [0, 0.05) is 30.0 Å². The molecule has 0 unspecified atom stereocenters. The van der Waals surface area contributed by atoms with Crippen molar-refractivity contribution in [3.05, 3.63) is 94.0 Å². The van der Waals surface area contributed by atoms with Crippen molar-refractivity contribution in [1.29, 1.82) is 0 Å². The van der Waals surface area contributed by atoms with Crippen LogP contribution < -0.4 is 15.2 Å². The number of nitrogens with one attached hydrogen (secondary N) is 1. The summed E-state index contributed by atoms with van der Waals surface area (Å²) in [5, 5.41) is 5.27. The maximum absolute atomic E-state index is 14.1. The number of ketones is 1. The smallest absolute Gasteiger partial charge is 0.214 e. The highest BCUT2D eigenvalue weighted by atomic mass is 79.9. The average Bonchev–Trinajstić information content (AvgIpc) is 3.66. The summed E-state index contributed by atoms with van der Waals surface area (Å²) < 4.78 is 28.6. The molecule has 1 aliphatic heterocycles. The van der Waals surface area contributed by atoms with Crippen LogP contribution in [-0.2, 0) is 0 Å². The van der Waals surface area contributed by atoms with Crippen molar-refractivity contribution >= 4 is 38.4 Å². The minimum absolute atomic E-state index is 0.142. The number of carbonyl (C=O) groups excluding carboxylic acids is 1. The lowest BCUT2D eigenvalue weighted by molar-refractivity contribution is 0.0961. The number of ether oxygens (including phenoxy) is 2. The molecule has 2 aromatic heterocycles. The van der Waals surface area contributed by atoms with Gasteiger partial charge >= 0.3 is 0 Å². The number of nitrogens with two attached hydrogens (primary N) is 1. The van der Waals surface area contributed by atoms with Crippen molar-refractivity contribution in [2.45, 2.75) is 44.8 Å². The van der Waals surface area contributed by atoms with E-state index in [1.165, 1.54) is 29.8 Å². The van der Waals surface area contributed by atoms with Crippen molar-refractivity contribution < 1.29 is 18.7 Å². The molecule has 220 valence electrons. The van der Waals surface area contributed by atoms with Crippen LogP contribution in [0.1, 0.15) is 47.3 Å². The minimum Gasteiger partial charge on any atom is -0.489 e. The van der Waals surface area contributed by atoms with Gasteiger partial charge in [-0.05, 0) is 103 Å². The number of carbonyl (C=O) groups is 1. The molecule has 0 spiro atoms. The molecule has 5 aromatic rings. The van der Waals surface area contributed by atoms with Crippen LogP contribution >= 0.6 is 15.9 Å². The first-order chi connectivity index (χ1) is 20.8. The van der Waals surface area contributed by atoms with Gasteiger partial charge in [-0.3, -0.25) is 4.79 Å². The van der Waals surface area contributed by atoms with Gasteiger partial charge in [0.05, 0.1) is 27.6 Å². The summed E-state index contributed by atoms with van der Waals surface area (Å²) in [5.41, 5.74) is 9.37. The number of para-hydroxylation sites is 1. The monoisotopic (exact) mass is 643 g/mol. The van der Waals surface area contributed by atoms with Gasteiger partial charge < -0.3 is 25.1 Å². The predicted octanol–water partition coefficient (Wildman–Crippen LogP) is 7.17. The maximum atomic E-state index is 14.1. The topological polar surface area (TPSA) is 98.4 Å². The van der Waals surface area contributed by atoms with Crippen molar-refractivity contribution in [3.8, 4) is 22.9 Å². The molecule has 1 saturated carbocycles. The fourth-order valence-electron chi connectivity index (χ4n) is 5.73. The molecule has 1 aliphatic carbocycles. The Morgan fingerprint density at radius 2 is 1.81 bits per heavy atom. The number of piperidine rings is 1. The van der Waals surface area contributed by atoms with E-state index in [-0.39, 0.29) is 29.0 Å².